The maximum atomic E-state index is 11.1. The first-order valence-electron chi connectivity index (χ1n) is 7.43. The second kappa shape index (κ2) is 6.09. The topological polar surface area (TPSA) is 85.0 Å². The summed E-state index contributed by atoms with van der Waals surface area (Å²) in [6.45, 7) is 3.84. The number of nitrogens with zero attached hydrogens (tertiary/aromatic N) is 4. The van der Waals surface area contributed by atoms with E-state index in [-0.39, 0.29) is 0 Å². The van der Waals surface area contributed by atoms with Gasteiger partial charge in [-0.1, -0.05) is 0 Å². The van der Waals surface area contributed by atoms with Gasteiger partial charge in [-0.15, -0.1) is 0 Å². The summed E-state index contributed by atoms with van der Waals surface area (Å²) in [5, 5.41) is 0. The zero-order valence-electron chi connectivity index (χ0n) is 12.6. The van der Waals surface area contributed by atoms with Crippen molar-refractivity contribution in [2.75, 3.05) is 18.0 Å². The first kappa shape index (κ1) is 14.4. The Hall–Kier alpha value is -2.50. The number of pyridine rings is 1. The van der Waals surface area contributed by atoms with Gasteiger partial charge < -0.3 is 10.6 Å². The van der Waals surface area contributed by atoms with Crippen LogP contribution in [-0.4, -0.2) is 33.9 Å². The zero-order chi connectivity index (χ0) is 15.5. The Morgan fingerprint density at radius 1 is 1.32 bits per heavy atom. The summed E-state index contributed by atoms with van der Waals surface area (Å²) in [5.41, 5.74) is 7.67. The second-order valence-electron chi connectivity index (χ2n) is 5.64. The van der Waals surface area contributed by atoms with Crippen LogP contribution in [0.15, 0.2) is 30.7 Å². The predicted octanol–water partition coefficient (Wildman–Crippen LogP) is 1.66. The average Bonchev–Trinajstić information content (AvgIpc) is 2.55. The summed E-state index contributed by atoms with van der Waals surface area (Å²) in [4.78, 5) is 26.3. The number of hydrogen-bond acceptors (Lipinski definition) is 5. The molecule has 1 unspecified atom stereocenters. The first-order valence-corrected chi connectivity index (χ1v) is 7.43. The second-order valence-corrected chi connectivity index (χ2v) is 5.64. The van der Waals surface area contributed by atoms with Crippen molar-refractivity contribution < 1.29 is 4.79 Å². The molecule has 3 rings (SSSR count). The SMILES string of the molecule is Cc1cc(N2CCCC(c3ccc(C(N)=O)cn3)C2)ncn1. The number of primary amides is 1. The fraction of sp³-hybridized carbons (Fsp3) is 0.375. The molecule has 0 saturated carbocycles. The van der Waals surface area contributed by atoms with Crippen LogP contribution in [-0.2, 0) is 0 Å². The molecule has 6 nitrogen and oxygen atoms in total. The molecule has 0 bridgehead atoms. The van der Waals surface area contributed by atoms with Crippen molar-refractivity contribution in [1.82, 2.24) is 15.0 Å². The molecule has 6 heteroatoms. The molecule has 2 aromatic rings. The van der Waals surface area contributed by atoms with E-state index in [9.17, 15) is 4.79 Å². The van der Waals surface area contributed by atoms with Gasteiger partial charge in [-0.2, -0.15) is 0 Å². The third-order valence-electron chi connectivity index (χ3n) is 4.02. The molecule has 0 aromatic carbocycles. The number of hydrogen-bond donors (Lipinski definition) is 1. The lowest BCUT2D eigenvalue weighted by molar-refractivity contribution is 0.1000. The predicted molar refractivity (Wildman–Crippen MR) is 83.7 cm³/mol. The molecular weight excluding hydrogens is 278 g/mol. The average molecular weight is 297 g/mol. The lowest BCUT2D eigenvalue weighted by Gasteiger charge is -2.33. The Morgan fingerprint density at radius 2 is 2.18 bits per heavy atom. The van der Waals surface area contributed by atoms with Crippen LogP contribution < -0.4 is 10.6 Å². The summed E-state index contributed by atoms with van der Waals surface area (Å²) in [7, 11) is 0. The number of carbonyl (C=O) groups is 1. The molecule has 0 aliphatic carbocycles. The van der Waals surface area contributed by atoms with E-state index >= 15 is 0 Å². The van der Waals surface area contributed by atoms with Crippen molar-refractivity contribution in [3.63, 3.8) is 0 Å². The van der Waals surface area contributed by atoms with Crippen LogP contribution in [0.25, 0.3) is 0 Å². The summed E-state index contributed by atoms with van der Waals surface area (Å²) < 4.78 is 0. The number of carbonyl (C=O) groups excluding carboxylic acids is 1. The van der Waals surface area contributed by atoms with Crippen LogP contribution in [0.2, 0.25) is 0 Å². The number of amides is 1. The van der Waals surface area contributed by atoms with Gasteiger partial charge in [0.15, 0.2) is 0 Å². The molecule has 0 spiro atoms. The van der Waals surface area contributed by atoms with Crippen LogP contribution in [0.4, 0.5) is 5.82 Å². The number of aromatic nitrogens is 3. The molecule has 1 atom stereocenters. The van der Waals surface area contributed by atoms with Crippen molar-refractivity contribution in [3.8, 4) is 0 Å². The van der Waals surface area contributed by atoms with E-state index in [1.807, 2.05) is 19.1 Å². The van der Waals surface area contributed by atoms with E-state index in [0.717, 1.165) is 43.1 Å². The van der Waals surface area contributed by atoms with Crippen molar-refractivity contribution in [2.24, 2.45) is 5.73 Å². The molecule has 22 heavy (non-hydrogen) atoms. The van der Waals surface area contributed by atoms with E-state index in [2.05, 4.69) is 19.9 Å². The minimum Gasteiger partial charge on any atom is -0.366 e. The lowest BCUT2D eigenvalue weighted by atomic mass is 9.94. The molecule has 1 aliphatic rings. The number of aryl methyl sites for hydroxylation is 1. The van der Waals surface area contributed by atoms with Gasteiger partial charge in [-0.25, -0.2) is 9.97 Å². The van der Waals surface area contributed by atoms with E-state index in [1.54, 1.807) is 18.6 Å². The van der Waals surface area contributed by atoms with Gasteiger partial charge in [0.2, 0.25) is 5.91 Å². The molecule has 3 heterocycles. The normalized spacial score (nSPS) is 18.2. The van der Waals surface area contributed by atoms with Crippen molar-refractivity contribution in [3.05, 3.63) is 47.7 Å². The first-order chi connectivity index (χ1) is 10.6. The van der Waals surface area contributed by atoms with Crippen LogP contribution >= 0.6 is 0 Å². The quantitative estimate of drug-likeness (QED) is 0.931. The summed E-state index contributed by atoms with van der Waals surface area (Å²) in [6, 6.07) is 5.66. The smallest absolute Gasteiger partial charge is 0.250 e. The number of anilines is 1. The van der Waals surface area contributed by atoms with Crippen molar-refractivity contribution in [1.29, 1.82) is 0 Å². The monoisotopic (exact) mass is 297 g/mol. The zero-order valence-corrected chi connectivity index (χ0v) is 12.6. The van der Waals surface area contributed by atoms with Gasteiger partial charge in [0, 0.05) is 42.7 Å². The van der Waals surface area contributed by atoms with Crippen molar-refractivity contribution >= 4 is 11.7 Å². The van der Waals surface area contributed by atoms with E-state index in [4.69, 9.17) is 5.73 Å². The van der Waals surface area contributed by atoms with Gasteiger partial charge in [0.1, 0.15) is 12.1 Å². The highest BCUT2D eigenvalue weighted by molar-refractivity contribution is 5.92. The molecule has 2 aromatic heterocycles. The molecule has 2 N–H and O–H groups in total. The lowest BCUT2D eigenvalue weighted by Crippen LogP contribution is -2.35. The largest absolute Gasteiger partial charge is 0.366 e. The number of piperidine rings is 1. The van der Waals surface area contributed by atoms with Gasteiger partial charge in [-0.05, 0) is 31.9 Å². The van der Waals surface area contributed by atoms with Crippen LogP contribution in [0.5, 0.6) is 0 Å². The highest BCUT2D eigenvalue weighted by atomic mass is 16.1. The molecule has 1 fully saturated rings. The van der Waals surface area contributed by atoms with E-state index in [0.29, 0.717) is 11.5 Å². The fourth-order valence-electron chi connectivity index (χ4n) is 2.83. The van der Waals surface area contributed by atoms with Crippen LogP contribution in [0.1, 0.15) is 40.5 Å². The molecule has 1 saturated heterocycles. The fourth-order valence-corrected chi connectivity index (χ4v) is 2.83. The summed E-state index contributed by atoms with van der Waals surface area (Å²) >= 11 is 0. The van der Waals surface area contributed by atoms with E-state index in [1.165, 1.54) is 0 Å². The Labute approximate surface area is 129 Å². The van der Waals surface area contributed by atoms with Gasteiger partial charge >= 0.3 is 0 Å². The molecular formula is C16H19N5O. The highest BCUT2D eigenvalue weighted by Crippen LogP contribution is 2.28. The maximum absolute atomic E-state index is 11.1. The minimum absolute atomic E-state index is 0.339. The van der Waals surface area contributed by atoms with Gasteiger partial charge in [0.05, 0.1) is 5.56 Å². The summed E-state index contributed by atoms with van der Waals surface area (Å²) in [6.07, 6.45) is 5.34. The Kier molecular flexibility index (Phi) is 4.00. The Balaban J connectivity index is 1.76. The van der Waals surface area contributed by atoms with Crippen molar-refractivity contribution in [2.45, 2.75) is 25.7 Å². The molecule has 114 valence electrons. The third kappa shape index (κ3) is 3.05. The van der Waals surface area contributed by atoms with Crippen LogP contribution in [0, 0.1) is 6.92 Å². The Morgan fingerprint density at radius 3 is 2.86 bits per heavy atom. The van der Waals surface area contributed by atoms with Gasteiger partial charge in [0.25, 0.3) is 0 Å². The molecule has 1 aliphatic heterocycles. The highest BCUT2D eigenvalue weighted by Gasteiger charge is 2.23. The minimum atomic E-state index is -0.444. The van der Waals surface area contributed by atoms with Crippen LogP contribution in [0.3, 0.4) is 0 Å². The molecule has 0 radical (unpaired) electrons. The number of nitrogens with two attached hydrogens (primary N) is 1. The summed E-state index contributed by atoms with van der Waals surface area (Å²) in [5.74, 6) is 0.859. The Bertz CT molecular complexity index is 670. The van der Waals surface area contributed by atoms with E-state index < -0.39 is 5.91 Å². The standard InChI is InChI=1S/C16H19N5O/c1-11-7-15(20-10-19-11)21-6-2-3-13(9-21)14-5-4-12(8-18-14)16(17)22/h4-5,7-8,10,13H,2-3,6,9H2,1H3,(H2,17,22). The molecule has 1 amide bonds. The maximum Gasteiger partial charge on any atom is 0.250 e. The van der Waals surface area contributed by atoms with Gasteiger partial charge in [-0.3, -0.25) is 9.78 Å². The third-order valence-corrected chi connectivity index (χ3v) is 4.02. The number of rotatable bonds is 3.